The number of allylic oxidation sites excluding steroid dienone is 3. The third kappa shape index (κ3) is 8.11. The van der Waals surface area contributed by atoms with Gasteiger partial charge in [0.2, 0.25) is 5.91 Å². The van der Waals surface area contributed by atoms with Crippen molar-refractivity contribution in [3.05, 3.63) is 78.9 Å². The van der Waals surface area contributed by atoms with Crippen molar-refractivity contribution in [2.45, 2.75) is 27.2 Å². The van der Waals surface area contributed by atoms with Gasteiger partial charge in [-0.1, -0.05) is 38.1 Å². The van der Waals surface area contributed by atoms with Gasteiger partial charge in [-0.3, -0.25) is 9.69 Å². The van der Waals surface area contributed by atoms with E-state index in [1.165, 1.54) is 0 Å². The van der Waals surface area contributed by atoms with E-state index in [4.69, 9.17) is 4.74 Å². The van der Waals surface area contributed by atoms with E-state index in [9.17, 15) is 9.90 Å². The Morgan fingerprint density at radius 3 is 2.50 bits per heavy atom. The molecule has 3 aromatic rings. The molecule has 4 rings (SSSR count). The van der Waals surface area contributed by atoms with E-state index in [0.29, 0.717) is 13.1 Å². The highest BCUT2D eigenvalue weighted by atomic mass is 16.5. The maximum atomic E-state index is 13.1. The number of benzene rings is 1. The van der Waals surface area contributed by atoms with Crippen molar-refractivity contribution in [3.8, 4) is 16.9 Å². The molecule has 1 fully saturated rings. The van der Waals surface area contributed by atoms with E-state index in [0.717, 1.165) is 70.8 Å². The van der Waals surface area contributed by atoms with Crippen LogP contribution in [0.4, 0.5) is 0 Å². The minimum absolute atomic E-state index is 0.0159. The van der Waals surface area contributed by atoms with Gasteiger partial charge in [0.1, 0.15) is 17.2 Å². The minimum Gasteiger partial charge on any atom is -0.511 e. The second-order valence-corrected chi connectivity index (χ2v) is 11.1. The van der Waals surface area contributed by atoms with Crippen LogP contribution in [0.15, 0.2) is 73.3 Å². The molecule has 42 heavy (non-hydrogen) atoms. The first-order valence-corrected chi connectivity index (χ1v) is 14.5. The number of hydrogen-bond donors (Lipinski definition) is 2. The van der Waals surface area contributed by atoms with Crippen molar-refractivity contribution in [2.75, 3.05) is 60.5 Å². The molecule has 8 heteroatoms. The van der Waals surface area contributed by atoms with Crippen molar-refractivity contribution in [1.29, 1.82) is 0 Å². The topological polar surface area (TPSA) is 84.9 Å². The van der Waals surface area contributed by atoms with Gasteiger partial charge < -0.3 is 24.6 Å². The zero-order valence-corrected chi connectivity index (χ0v) is 26.1. The highest BCUT2D eigenvalue weighted by Gasteiger charge is 2.23. The van der Waals surface area contributed by atoms with Gasteiger partial charge in [0.25, 0.3) is 0 Å². The Labute approximate surface area is 251 Å². The van der Waals surface area contributed by atoms with Crippen molar-refractivity contribution >= 4 is 22.5 Å². The molecule has 0 bridgehead atoms. The second kappa shape index (κ2) is 15.4. The quantitative estimate of drug-likeness (QED) is 0.176. The average molecular weight is 574 g/mol. The number of nitrogens with zero attached hydrogens (tertiary/aromatic N) is 4. The number of piperazine rings is 1. The molecule has 1 saturated heterocycles. The number of H-pyrrole nitrogens is 1. The number of para-hydroxylation sites is 1. The molecule has 0 atom stereocenters. The number of likely N-dealkylation sites (N-methyl/N-ethyl adjacent to an activating group) is 1. The zero-order valence-electron chi connectivity index (χ0n) is 26.1. The molecule has 0 spiro atoms. The number of ether oxygens (including phenoxy) is 1. The first kappa shape index (κ1) is 32.6. The summed E-state index contributed by atoms with van der Waals surface area (Å²) in [5, 5.41) is 12.1. The predicted octanol–water partition coefficient (Wildman–Crippen LogP) is 6.01. The molecule has 1 aromatic carbocycles. The third-order valence-electron chi connectivity index (χ3n) is 7.62. The monoisotopic (exact) mass is 573 g/mol. The first-order valence-electron chi connectivity index (χ1n) is 14.5. The largest absolute Gasteiger partial charge is 0.511 e. The Morgan fingerprint density at radius 2 is 1.86 bits per heavy atom. The Morgan fingerprint density at radius 1 is 1.17 bits per heavy atom. The second-order valence-electron chi connectivity index (χ2n) is 11.1. The molecule has 2 aromatic heterocycles. The smallest absolute Gasteiger partial charge is 0.230 e. The van der Waals surface area contributed by atoms with Gasteiger partial charge in [-0.15, -0.1) is 13.2 Å². The number of pyridine rings is 1. The SMILES string of the molecule is C=C.COc1ccccc1-c1c[nH]c2ncc(/C(C)=C/C(=C(/O)CC(=O)N3CCN(CCN(C)C)CC3)C(C)C)cc12. The molecule has 1 aliphatic rings. The van der Waals surface area contributed by atoms with E-state index in [1.807, 2.05) is 68.4 Å². The Hall–Kier alpha value is -3.88. The molecular weight excluding hydrogens is 526 g/mol. The summed E-state index contributed by atoms with van der Waals surface area (Å²) in [7, 11) is 5.82. The van der Waals surface area contributed by atoms with Crippen LogP contribution in [0.3, 0.4) is 0 Å². The summed E-state index contributed by atoms with van der Waals surface area (Å²) in [6.07, 6.45) is 5.80. The number of aromatic nitrogens is 2. The summed E-state index contributed by atoms with van der Waals surface area (Å²) in [5.74, 6) is 0.972. The number of aliphatic hydroxyl groups excluding tert-OH is 1. The van der Waals surface area contributed by atoms with Gasteiger partial charge >= 0.3 is 0 Å². The fraction of sp³-hybridized carbons (Fsp3) is 0.412. The first-order chi connectivity index (χ1) is 20.2. The van der Waals surface area contributed by atoms with E-state index >= 15 is 0 Å². The highest BCUT2D eigenvalue weighted by Crippen LogP contribution is 2.35. The molecule has 0 unspecified atom stereocenters. The van der Waals surface area contributed by atoms with Gasteiger partial charge in [0.15, 0.2) is 0 Å². The fourth-order valence-corrected chi connectivity index (χ4v) is 5.13. The molecule has 1 aliphatic heterocycles. The predicted molar refractivity (Wildman–Crippen MR) is 174 cm³/mol. The lowest BCUT2D eigenvalue weighted by atomic mass is 9.95. The van der Waals surface area contributed by atoms with Crippen LogP contribution in [0, 0.1) is 5.92 Å². The molecule has 226 valence electrons. The number of fused-ring (bicyclic) bond motifs is 1. The molecule has 8 nitrogen and oxygen atoms in total. The van der Waals surface area contributed by atoms with Gasteiger partial charge in [0, 0.05) is 68.2 Å². The number of carbonyl (C=O) groups excluding carboxylic acids is 1. The lowest BCUT2D eigenvalue weighted by molar-refractivity contribution is -0.132. The maximum absolute atomic E-state index is 13.1. The number of carbonyl (C=O) groups is 1. The molecule has 3 heterocycles. The molecule has 2 N–H and O–H groups in total. The van der Waals surface area contributed by atoms with Crippen LogP contribution in [-0.4, -0.2) is 96.2 Å². The average Bonchev–Trinajstić information content (AvgIpc) is 3.42. The summed E-state index contributed by atoms with van der Waals surface area (Å²) < 4.78 is 5.59. The number of rotatable bonds is 10. The summed E-state index contributed by atoms with van der Waals surface area (Å²) in [6.45, 7) is 17.2. The van der Waals surface area contributed by atoms with Gasteiger partial charge in [-0.2, -0.15) is 0 Å². The lowest BCUT2D eigenvalue weighted by Crippen LogP contribution is -2.50. The summed E-state index contributed by atoms with van der Waals surface area (Å²) in [4.78, 5) is 27.4. The minimum atomic E-state index is -0.0224. The highest BCUT2D eigenvalue weighted by molar-refractivity contribution is 5.96. The number of methoxy groups -OCH3 is 1. The van der Waals surface area contributed by atoms with Crippen LogP contribution < -0.4 is 4.74 Å². The Balaban J connectivity index is 0.00000237. The number of aromatic amines is 1. The normalized spacial score (nSPS) is 15.0. The van der Waals surface area contributed by atoms with Crippen LogP contribution in [0.2, 0.25) is 0 Å². The number of aliphatic hydroxyl groups is 1. The van der Waals surface area contributed by atoms with Gasteiger partial charge in [0.05, 0.1) is 13.5 Å². The van der Waals surface area contributed by atoms with E-state index in [2.05, 4.69) is 53.1 Å². The Kier molecular flexibility index (Phi) is 11.9. The van der Waals surface area contributed by atoms with Crippen molar-refractivity contribution in [1.82, 2.24) is 24.7 Å². The van der Waals surface area contributed by atoms with Gasteiger partial charge in [-0.05, 0) is 55.8 Å². The van der Waals surface area contributed by atoms with Crippen molar-refractivity contribution in [3.63, 3.8) is 0 Å². The molecule has 0 saturated carbocycles. The van der Waals surface area contributed by atoms with E-state index < -0.39 is 0 Å². The van der Waals surface area contributed by atoms with Crippen molar-refractivity contribution in [2.24, 2.45) is 5.92 Å². The third-order valence-corrected chi connectivity index (χ3v) is 7.62. The van der Waals surface area contributed by atoms with Crippen LogP contribution >= 0.6 is 0 Å². The van der Waals surface area contributed by atoms with E-state index in [-0.39, 0.29) is 24.0 Å². The van der Waals surface area contributed by atoms with Crippen LogP contribution in [0.5, 0.6) is 5.75 Å². The standard InChI is InChI=1S/C32H43N5O3.C2H4/c1-22(2)26(29(38)19-31(39)37-15-13-36(14-16-37)12-11-35(4)5)17-23(3)24-18-27-28(21-34-32(27)33-20-24)25-9-7-8-10-30(25)40-6;1-2/h7-10,17-18,20-22,38H,11-16,19H2,1-6H3,(H,33,34);1-2H2/b23-17+,29-26-;. The Bertz CT molecular complexity index is 1400. The van der Waals surface area contributed by atoms with Crippen LogP contribution in [0.1, 0.15) is 32.8 Å². The summed E-state index contributed by atoms with van der Waals surface area (Å²) >= 11 is 0. The van der Waals surface area contributed by atoms with Crippen LogP contribution in [0.25, 0.3) is 27.7 Å². The van der Waals surface area contributed by atoms with Crippen molar-refractivity contribution < 1.29 is 14.6 Å². The molecule has 1 amide bonds. The lowest BCUT2D eigenvalue weighted by Gasteiger charge is -2.35. The maximum Gasteiger partial charge on any atom is 0.230 e. The summed E-state index contributed by atoms with van der Waals surface area (Å²) in [6, 6.07) is 10.0. The summed E-state index contributed by atoms with van der Waals surface area (Å²) in [5.41, 5.74) is 5.51. The number of amides is 1. The van der Waals surface area contributed by atoms with E-state index in [1.54, 1.807) is 7.11 Å². The fourth-order valence-electron chi connectivity index (χ4n) is 5.13. The molecule has 0 radical (unpaired) electrons. The number of nitrogens with one attached hydrogen (secondary N) is 1. The zero-order chi connectivity index (χ0) is 30.8. The van der Waals surface area contributed by atoms with Crippen LogP contribution in [-0.2, 0) is 4.79 Å². The number of hydrogen-bond acceptors (Lipinski definition) is 6. The molecule has 0 aliphatic carbocycles. The molecular formula is C34H47N5O3. The van der Waals surface area contributed by atoms with Gasteiger partial charge in [-0.25, -0.2) is 4.98 Å².